The molecule has 0 aromatic heterocycles. The molecule has 0 aromatic carbocycles. The van der Waals surface area contributed by atoms with E-state index in [1.54, 1.807) is 0 Å². The lowest BCUT2D eigenvalue weighted by Crippen LogP contribution is -1.99. The van der Waals surface area contributed by atoms with Gasteiger partial charge in [-0.15, -0.1) is 12.4 Å². The standard InChI is InChI=1S/C3H2F4.ClH/c4-2-1-3(5,6)7;/h1-2H;1H. The quantitative estimate of drug-likeness (QED) is 0.466. The summed E-state index contributed by atoms with van der Waals surface area (Å²) < 4.78 is 42.8. The smallest absolute Gasteiger partial charge is 0.216 e. The fourth-order valence-corrected chi connectivity index (χ4v) is 0.0714. The van der Waals surface area contributed by atoms with Crippen molar-refractivity contribution in [3.8, 4) is 0 Å². The molecule has 0 fully saturated rings. The van der Waals surface area contributed by atoms with Crippen molar-refractivity contribution in [3.05, 3.63) is 12.4 Å². The fraction of sp³-hybridized carbons (Fsp3) is 0.333. The minimum atomic E-state index is -4.51. The van der Waals surface area contributed by atoms with Crippen molar-refractivity contribution in [1.29, 1.82) is 0 Å². The van der Waals surface area contributed by atoms with Gasteiger partial charge in [0.2, 0.25) is 0 Å². The summed E-state index contributed by atoms with van der Waals surface area (Å²) in [4.78, 5) is 0. The summed E-state index contributed by atoms with van der Waals surface area (Å²) in [6.45, 7) is 0. The van der Waals surface area contributed by atoms with Crippen molar-refractivity contribution >= 4 is 12.4 Å². The molecule has 8 heavy (non-hydrogen) atoms. The van der Waals surface area contributed by atoms with Crippen molar-refractivity contribution in [2.45, 2.75) is 6.18 Å². The first kappa shape index (κ1) is 10.7. The second kappa shape index (κ2) is 3.72. The van der Waals surface area contributed by atoms with Crippen LogP contribution >= 0.6 is 12.4 Å². The van der Waals surface area contributed by atoms with Gasteiger partial charge in [0, 0.05) is 6.08 Å². The maximum atomic E-state index is 10.7. The Balaban J connectivity index is 0. The molecular weight excluding hydrogens is 147 g/mol. The van der Waals surface area contributed by atoms with E-state index >= 15 is 0 Å². The minimum Gasteiger partial charge on any atom is -0.216 e. The van der Waals surface area contributed by atoms with E-state index in [2.05, 4.69) is 0 Å². The van der Waals surface area contributed by atoms with Gasteiger partial charge >= 0.3 is 6.18 Å². The maximum Gasteiger partial charge on any atom is 0.411 e. The van der Waals surface area contributed by atoms with Gasteiger partial charge in [0.15, 0.2) is 0 Å². The first-order valence-electron chi connectivity index (χ1n) is 1.41. The Labute approximate surface area is 49.6 Å². The molecule has 0 heterocycles. The number of hydrogen-bond acceptors (Lipinski definition) is 0. The Morgan fingerprint density at radius 3 is 1.50 bits per heavy atom. The normalized spacial score (nSPS) is 11.5. The molecule has 0 N–H and O–H groups in total. The van der Waals surface area contributed by atoms with Crippen molar-refractivity contribution in [2.24, 2.45) is 0 Å². The van der Waals surface area contributed by atoms with Crippen LogP contribution in [-0.4, -0.2) is 6.18 Å². The first-order chi connectivity index (χ1) is 3.06. The van der Waals surface area contributed by atoms with Gasteiger partial charge in [-0.3, -0.25) is 0 Å². The largest absolute Gasteiger partial charge is 0.411 e. The maximum absolute atomic E-state index is 10.7. The predicted molar refractivity (Wildman–Crippen MR) is 23.6 cm³/mol. The summed E-state index contributed by atoms with van der Waals surface area (Å²) in [6, 6.07) is 0. The SMILES string of the molecule is Cl.FC=CC(F)(F)F. The molecule has 0 radical (unpaired) electrons. The highest BCUT2D eigenvalue weighted by molar-refractivity contribution is 5.85. The molecule has 0 nitrogen and oxygen atoms in total. The van der Waals surface area contributed by atoms with Gasteiger partial charge in [-0.2, -0.15) is 13.2 Å². The van der Waals surface area contributed by atoms with Gasteiger partial charge < -0.3 is 0 Å². The van der Waals surface area contributed by atoms with Crippen LogP contribution < -0.4 is 0 Å². The van der Waals surface area contributed by atoms with E-state index in [0.717, 1.165) is 0 Å². The Hall–Kier alpha value is -0.250. The average Bonchev–Trinajstić information content (AvgIpc) is 1.30. The third-order valence-electron chi connectivity index (χ3n) is 0.252. The number of alkyl halides is 3. The van der Waals surface area contributed by atoms with Crippen molar-refractivity contribution in [2.75, 3.05) is 0 Å². The van der Waals surface area contributed by atoms with Crippen LogP contribution in [0.15, 0.2) is 12.4 Å². The van der Waals surface area contributed by atoms with Gasteiger partial charge in [-0.1, -0.05) is 0 Å². The molecule has 0 saturated heterocycles. The van der Waals surface area contributed by atoms with E-state index in [9.17, 15) is 17.6 Å². The molecule has 0 atom stereocenters. The lowest BCUT2D eigenvalue weighted by atomic mass is 10.6. The Morgan fingerprint density at radius 2 is 1.50 bits per heavy atom. The van der Waals surface area contributed by atoms with E-state index in [4.69, 9.17) is 0 Å². The van der Waals surface area contributed by atoms with E-state index in [1.165, 1.54) is 0 Å². The summed E-state index contributed by atoms with van der Waals surface area (Å²) in [5, 5.41) is 0. The molecular formula is C3H3ClF4. The molecule has 0 rings (SSSR count). The number of allylic oxidation sites excluding steroid dienone is 1. The Bertz CT molecular complexity index is 73.8. The predicted octanol–water partition coefficient (Wildman–Crippen LogP) is 2.45. The zero-order valence-electron chi connectivity index (χ0n) is 3.57. The van der Waals surface area contributed by atoms with Crippen LogP contribution in [0.1, 0.15) is 0 Å². The highest BCUT2D eigenvalue weighted by Crippen LogP contribution is 2.15. The van der Waals surface area contributed by atoms with Crippen molar-refractivity contribution in [3.63, 3.8) is 0 Å². The fourth-order valence-electron chi connectivity index (χ4n) is 0.0714. The van der Waals surface area contributed by atoms with Crippen LogP contribution in [0.2, 0.25) is 0 Å². The Morgan fingerprint density at radius 1 is 1.12 bits per heavy atom. The molecule has 0 spiro atoms. The molecule has 5 heteroatoms. The third kappa shape index (κ3) is 9.23. The van der Waals surface area contributed by atoms with E-state index in [0.29, 0.717) is 0 Å². The summed E-state index contributed by atoms with van der Waals surface area (Å²) in [5.41, 5.74) is 0. The number of halogens is 5. The summed E-state index contributed by atoms with van der Waals surface area (Å²) >= 11 is 0. The molecule has 0 aromatic rings. The van der Waals surface area contributed by atoms with E-state index < -0.39 is 18.6 Å². The molecule has 0 amide bonds. The van der Waals surface area contributed by atoms with E-state index in [-0.39, 0.29) is 12.4 Å². The number of rotatable bonds is 0. The van der Waals surface area contributed by atoms with Gasteiger partial charge in [-0.05, 0) is 0 Å². The zero-order valence-corrected chi connectivity index (χ0v) is 4.39. The molecule has 0 aliphatic rings. The van der Waals surface area contributed by atoms with Gasteiger partial charge in [0.05, 0.1) is 6.33 Å². The zero-order chi connectivity index (χ0) is 5.91. The lowest BCUT2D eigenvalue weighted by molar-refractivity contribution is -0.0805. The molecule has 0 saturated carbocycles. The van der Waals surface area contributed by atoms with Crippen LogP contribution in [0.25, 0.3) is 0 Å². The van der Waals surface area contributed by atoms with Crippen LogP contribution in [0, 0.1) is 0 Å². The summed E-state index contributed by atoms with van der Waals surface area (Å²) in [5.74, 6) is 0. The number of hydrogen-bond donors (Lipinski definition) is 0. The molecule has 0 unspecified atom stereocenters. The molecule has 0 bridgehead atoms. The van der Waals surface area contributed by atoms with Gasteiger partial charge in [0.25, 0.3) is 0 Å². The van der Waals surface area contributed by atoms with Gasteiger partial charge in [-0.25, -0.2) is 4.39 Å². The van der Waals surface area contributed by atoms with Gasteiger partial charge in [0.1, 0.15) is 0 Å². The monoisotopic (exact) mass is 150 g/mol. The van der Waals surface area contributed by atoms with Crippen molar-refractivity contribution < 1.29 is 17.6 Å². The molecule has 0 aliphatic carbocycles. The Kier molecular flexibility index (Phi) is 4.96. The second-order valence-corrected chi connectivity index (χ2v) is 0.834. The van der Waals surface area contributed by atoms with Crippen LogP contribution in [-0.2, 0) is 0 Å². The van der Waals surface area contributed by atoms with Crippen LogP contribution in [0.4, 0.5) is 17.6 Å². The minimum absolute atomic E-state index is 0. The lowest BCUT2D eigenvalue weighted by Gasteiger charge is -1.92. The topological polar surface area (TPSA) is 0 Å². The average molecular weight is 151 g/mol. The summed E-state index contributed by atoms with van der Waals surface area (Å²) in [7, 11) is 0. The van der Waals surface area contributed by atoms with Crippen LogP contribution in [0.3, 0.4) is 0 Å². The summed E-state index contributed by atoms with van der Waals surface area (Å²) in [6.07, 6.45) is -5.53. The second-order valence-electron chi connectivity index (χ2n) is 0.834. The highest BCUT2D eigenvalue weighted by atomic mass is 35.5. The van der Waals surface area contributed by atoms with Crippen molar-refractivity contribution in [1.82, 2.24) is 0 Å². The highest BCUT2D eigenvalue weighted by Gasteiger charge is 2.21. The molecule has 0 aliphatic heterocycles. The first-order valence-corrected chi connectivity index (χ1v) is 1.41. The third-order valence-corrected chi connectivity index (χ3v) is 0.252. The van der Waals surface area contributed by atoms with Crippen LogP contribution in [0.5, 0.6) is 0 Å². The van der Waals surface area contributed by atoms with E-state index in [1.807, 2.05) is 0 Å². The molecule has 50 valence electrons.